The van der Waals surface area contributed by atoms with Crippen molar-refractivity contribution < 1.29 is 9.59 Å². The highest BCUT2D eigenvalue weighted by atomic mass is 16.2. The molecule has 112 valence electrons. The van der Waals surface area contributed by atoms with Crippen LogP contribution in [0.3, 0.4) is 0 Å². The van der Waals surface area contributed by atoms with Gasteiger partial charge in [-0.3, -0.25) is 9.59 Å². The molecule has 0 radical (unpaired) electrons. The summed E-state index contributed by atoms with van der Waals surface area (Å²) in [6.07, 6.45) is 6.81. The van der Waals surface area contributed by atoms with Crippen molar-refractivity contribution in [3.63, 3.8) is 0 Å². The molecule has 0 spiro atoms. The van der Waals surface area contributed by atoms with Crippen LogP contribution < -0.4 is 5.73 Å². The van der Waals surface area contributed by atoms with Crippen molar-refractivity contribution >= 4 is 11.8 Å². The minimum Gasteiger partial charge on any atom is -0.339 e. The molecule has 1 heterocycles. The van der Waals surface area contributed by atoms with Crippen molar-refractivity contribution in [2.75, 3.05) is 26.2 Å². The van der Waals surface area contributed by atoms with Gasteiger partial charge in [0.2, 0.25) is 11.8 Å². The van der Waals surface area contributed by atoms with E-state index in [4.69, 9.17) is 5.73 Å². The molecule has 0 unspecified atom stereocenters. The summed E-state index contributed by atoms with van der Waals surface area (Å²) in [4.78, 5) is 28.1. The first-order valence-corrected chi connectivity index (χ1v) is 7.93. The number of nitrogens with two attached hydrogens (primary N) is 1. The molecule has 1 saturated heterocycles. The van der Waals surface area contributed by atoms with E-state index >= 15 is 0 Å². The summed E-state index contributed by atoms with van der Waals surface area (Å²) in [5.74, 6) is 0.749. The zero-order chi connectivity index (χ0) is 14.2. The standard InChI is InChI=1S/C15H25N3O2/c16-15(5-1-2-6-15)11-13(19)17-7-9-18(10-8-17)14(20)12-3-4-12/h12H,1-11,16H2. The van der Waals surface area contributed by atoms with Crippen LogP contribution in [0.2, 0.25) is 0 Å². The van der Waals surface area contributed by atoms with Crippen LogP contribution in [0.15, 0.2) is 0 Å². The van der Waals surface area contributed by atoms with E-state index in [0.29, 0.717) is 38.5 Å². The summed E-state index contributed by atoms with van der Waals surface area (Å²) in [7, 11) is 0. The van der Waals surface area contributed by atoms with Gasteiger partial charge in [0.15, 0.2) is 0 Å². The molecule has 0 bridgehead atoms. The van der Waals surface area contributed by atoms with Crippen molar-refractivity contribution in [3.8, 4) is 0 Å². The lowest BCUT2D eigenvalue weighted by Gasteiger charge is -2.36. The van der Waals surface area contributed by atoms with Gasteiger partial charge in [0, 0.05) is 44.1 Å². The molecule has 3 fully saturated rings. The molecule has 3 rings (SSSR count). The Balaban J connectivity index is 1.47. The largest absolute Gasteiger partial charge is 0.339 e. The molecule has 0 aromatic rings. The van der Waals surface area contributed by atoms with Gasteiger partial charge in [-0.05, 0) is 25.7 Å². The minimum atomic E-state index is -0.266. The summed E-state index contributed by atoms with van der Waals surface area (Å²) >= 11 is 0. The van der Waals surface area contributed by atoms with Gasteiger partial charge >= 0.3 is 0 Å². The second kappa shape index (κ2) is 5.35. The zero-order valence-electron chi connectivity index (χ0n) is 12.1. The van der Waals surface area contributed by atoms with E-state index in [1.807, 2.05) is 9.80 Å². The molecule has 3 aliphatic rings. The van der Waals surface area contributed by atoms with Gasteiger partial charge in [0.25, 0.3) is 0 Å². The summed E-state index contributed by atoms with van der Waals surface area (Å²) in [5, 5.41) is 0. The van der Waals surface area contributed by atoms with Gasteiger partial charge < -0.3 is 15.5 Å². The van der Waals surface area contributed by atoms with Crippen LogP contribution in [0.4, 0.5) is 0 Å². The third-order valence-corrected chi connectivity index (χ3v) is 4.97. The summed E-state index contributed by atoms with van der Waals surface area (Å²) in [5.41, 5.74) is 6.01. The Morgan fingerprint density at radius 2 is 1.55 bits per heavy atom. The van der Waals surface area contributed by atoms with E-state index in [1.165, 1.54) is 0 Å². The number of carbonyl (C=O) groups excluding carboxylic acids is 2. The second-order valence-corrected chi connectivity index (χ2v) is 6.73. The van der Waals surface area contributed by atoms with Gasteiger partial charge in [-0.25, -0.2) is 0 Å². The van der Waals surface area contributed by atoms with Crippen LogP contribution in [-0.2, 0) is 9.59 Å². The molecule has 0 aromatic heterocycles. The first-order chi connectivity index (χ1) is 9.57. The molecule has 2 aliphatic carbocycles. The monoisotopic (exact) mass is 279 g/mol. The molecule has 5 heteroatoms. The fourth-order valence-electron chi connectivity index (χ4n) is 3.43. The van der Waals surface area contributed by atoms with E-state index in [1.54, 1.807) is 0 Å². The van der Waals surface area contributed by atoms with Crippen LogP contribution in [0.1, 0.15) is 44.9 Å². The van der Waals surface area contributed by atoms with Crippen molar-refractivity contribution in [1.82, 2.24) is 9.80 Å². The quantitative estimate of drug-likeness (QED) is 0.828. The van der Waals surface area contributed by atoms with Crippen molar-refractivity contribution in [2.45, 2.75) is 50.5 Å². The Hall–Kier alpha value is -1.10. The predicted molar refractivity (Wildman–Crippen MR) is 75.9 cm³/mol. The van der Waals surface area contributed by atoms with E-state index in [9.17, 15) is 9.59 Å². The normalized spacial score (nSPS) is 25.9. The average Bonchev–Trinajstić information content (AvgIpc) is 3.21. The van der Waals surface area contributed by atoms with Crippen LogP contribution in [0.25, 0.3) is 0 Å². The maximum atomic E-state index is 12.3. The Bertz CT molecular complexity index is 392. The molecule has 20 heavy (non-hydrogen) atoms. The summed E-state index contributed by atoms with van der Waals surface area (Å²) in [6.45, 7) is 2.73. The third kappa shape index (κ3) is 2.97. The highest BCUT2D eigenvalue weighted by molar-refractivity contribution is 5.82. The summed E-state index contributed by atoms with van der Waals surface area (Å²) < 4.78 is 0. The topological polar surface area (TPSA) is 66.6 Å². The highest BCUT2D eigenvalue weighted by Gasteiger charge is 2.37. The molecule has 2 saturated carbocycles. The maximum Gasteiger partial charge on any atom is 0.225 e. The zero-order valence-corrected chi connectivity index (χ0v) is 12.1. The minimum absolute atomic E-state index is 0.174. The maximum absolute atomic E-state index is 12.3. The first-order valence-electron chi connectivity index (χ1n) is 7.93. The molecular weight excluding hydrogens is 254 g/mol. The van der Waals surface area contributed by atoms with E-state index in [-0.39, 0.29) is 17.4 Å². The Labute approximate surface area is 120 Å². The van der Waals surface area contributed by atoms with Crippen LogP contribution in [0.5, 0.6) is 0 Å². The van der Waals surface area contributed by atoms with Crippen molar-refractivity contribution in [2.24, 2.45) is 11.7 Å². The molecule has 5 nitrogen and oxygen atoms in total. The van der Waals surface area contributed by atoms with Crippen LogP contribution in [0, 0.1) is 5.92 Å². The van der Waals surface area contributed by atoms with Crippen molar-refractivity contribution in [1.29, 1.82) is 0 Å². The lowest BCUT2D eigenvalue weighted by atomic mass is 9.94. The van der Waals surface area contributed by atoms with Gasteiger partial charge in [-0.15, -0.1) is 0 Å². The second-order valence-electron chi connectivity index (χ2n) is 6.73. The van der Waals surface area contributed by atoms with Crippen LogP contribution >= 0.6 is 0 Å². The SMILES string of the molecule is NC1(CC(=O)N2CCN(C(=O)C3CC3)CC2)CCCC1. The molecule has 0 aromatic carbocycles. The van der Waals surface area contributed by atoms with E-state index < -0.39 is 0 Å². The lowest BCUT2D eigenvalue weighted by molar-refractivity contribution is -0.141. The molecule has 0 atom stereocenters. The van der Waals surface area contributed by atoms with Gasteiger partial charge in [-0.2, -0.15) is 0 Å². The number of hydrogen-bond acceptors (Lipinski definition) is 3. The van der Waals surface area contributed by atoms with Gasteiger partial charge in [-0.1, -0.05) is 12.8 Å². The first kappa shape index (κ1) is 13.9. The number of rotatable bonds is 3. The smallest absolute Gasteiger partial charge is 0.225 e. The Kier molecular flexibility index (Phi) is 3.71. The summed E-state index contributed by atoms with van der Waals surface area (Å²) in [6, 6.07) is 0. The number of nitrogens with zero attached hydrogens (tertiary/aromatic N) is 2. The van der Waals surface area contributed by atoms with E-state index in [2.05, 4.69) is 0 Å². The van der Waals surface area contributed by atoms with E-state index in [0.717, 1.165) is 38.5 Å². The number of piperazine rings is 1. The lowest BCUT2D eigenvalue weighted by Crippen LogP contribution is -2.53. The van der Waals surface area contributed by atoms with Gasteiger partial charge in [0.05, 0.1) is 0 Å². The third-order valence-electron chi connectivity index (χ3n) is 4.97. The van der Waals surface area contributed by atoms with Crippen molar-refractivity contribution in [3.05, 3.63) is 0 Å². The fourth-order valence-corrected chi connectivity index (χ4v) is 3.43. The average molecular weight is 279 g/mol. The molecular formula is C15H25N3O2. The molecule has 2 N–H and O–H groups in total. The van der Waals surface area contributed by atoms with Gasteiger partial charge in [0.1, 0.15) is 0 Å². The predicted octanol–water partition coefficient (Wildman–Crippen LogP) is 0.729. The Morgan fingerprint density at radius 1 is 1.00 bits per heavy atom. The Morgan fingerprint density at radius 3 is 2.10 bits per heavy atom. The number of carbonyl (C=O) groups is 2. The molecule has 1 aliphatic heterocycles. The molecule has 2 amide bonds. The van der Waals surface area contributed by atoms with Crippen LogP contribution in [-0.4, -0.2) is 53.3 Å². The number of hydrogen-bond donors (Lipinski definition) is 1. The number of amides is 2. The fraction of sp³-hybridized carbons (Fsp3) is 0.867. The highest BCUT2D eigenvalue weighted by Crippen LogP contribution is 2.32.